The number of rotatable bonds is 4. The molecule has 0 radical (unpaired) electrons. The molecule has 0 spiro atoms. The second-order valence-corrected chi connectivity index (χ2v) is 4.76. The van der Waals surface area contributed by atoms with Gasteiger partial charge < -0.3 is 19.5 Å². The zero-order valence-electron chi connectivity index (χ0n) is 11.0. The van der Waals surface area contributed by atoms with E-state index in [2.05, 4.69) is 0 Å². The molecule has 1 aromatic carbocycles. The second-order valence-electron chi connectivity index (χ2n) is 4.76. The first-order valence-electron chi connectivity index (χ1n) is 6.31. The number of likely N-dealkylation sites (tertiary alicyclic amines) is 1. The van der Waals surface area contributed by atoms with Crippen molar-refractivity contribution in [1.82, 2.24) is 4.90 Å². The maximum absolute atomic E-state index is 11.9. The standard InChI is InChI=1S/C14H19NO4/c1-18-14(11-16)7-8-15(10-14)13(17)19-9-12-5-3-2-4-6-12/h2-6,16H,7-11H2,1H3/t14-/m1/s1. The fourth-order valence-electron chi connectivity index (χ4n) is 2.17. The molecule has 0 aromatic heterocycles. The van der Waals surface area contributed by atoms with Crippen LogP contribution in [0.25, 0.3) is 0 Å². The monoisotopic (exact) mass is 265 g/mol. The van der Waals surface area contributed by atoms with E-state index >= 15 is 0 Å². The van der Waals surface area contributed by atoms with E-state index < -0.39 is 5.60 Å². The third kappa shape index (κ3) is 3.24. The van der Waals surface area contributed by atoms with Gasteiger partial charge in [-0.3, -0.25) is 0 Å². The van der Waals surface area contributed by atoms with Gasteiger partial charge in [0.25, 0.3) is 0 Å². The molecule has 0 bridgehead atoms. The lowest BCUT2D eigenvalue weighted by Gasteiger charge is -2.25. The molecule has 0 saturated carbocycles. The van der Waals surface area contributed by atoms with Gasteiger partial charge in [0.05, 0.1) is 13.2 Å². The Morgan fingerprint density at radius 3 is 2.74 bits per heavy atom. The lowest BCUT2D eigenvalue weighted by atomic mass is 10.1. The van der Waals surface area contributed by atoms with E-state index in [1.807, 2.05) is 30.3 Å². The molecule has 1 aliphatic rings. The molecule has 1 aliphatic heterocycles. The van der Waals surface area contributed by atoms with E-state index in [0.29, 0.717) is 19.5 Å². The molecule has 0 aliphatic carbocycles. The van der Waals surface area contributed by atoms with E-state index in [1.54, 1.807) is 12.0 Å². The van der Waals surface area contributed by atoms with Gasteiger partial charge in [-0.25, -0.2) is 4.79 Å². The minimum absolute atomic E-state index is 0.0913. The Morgan fingerprint density at radius 2 is 2.16 bits per heavy atom. The highest BCUT2D eigenvalue weighted by molar-refractivity contribution is 5.68. The first-order chi connectivity index (χ1) is 9.19. The zero-order chi connectivity index (χ0) is 13.7. The van der Waals surface area contributed by atoms with Gasteiger partial charge in [-0.05, 0) is 12.0 Å². The number of benzene rings is 1. The summed E-state index contributed by atoms with van der Waals surface area (Å²) in [6.45, 7) is 1.08. The summed E-state index contributed by atoms with van der Waals surface area (Å²) >= 11 is 0. The molecule has 1 aromatic rings. The average molecular weight is 265 g/mol. The first-order valence-corrected chi connectivity index (χ1v) is 6.31. The Bertz CT molecular complexity index is 417. The number of amides is 1. The molecule has 104 valence electrons. The van der Waals surface area contributed by atoms with Crippen molar-refractivity contribution in [2.45, 2.75) is 18.6 Å². The van der Waals surface area contributed by atoms with Crippen LogP contribution in [-0.2, 0) is 16.1 Å². The molecule has 1 atom stereocenters. The summed E-state index contributed by atoms with van der Waals surface area (Å²) in [7, 11) is 1.55. The summed E-state index contributed by atoms with van der Waals surface area (Å²) in [5, 5.41) is 9.32. The van der Waals surface area contributed by atoms with Crippen LogP contribution in [0, 0.1) is 0 Å². The van der Waals surface area contributed by atoms with E-state index in [1.165, 1.54) is 0 Å². The minimum atomic E-state index is -0.633. The molecule has 1 heterocycles. The largest absolute Gasteiger partial charge is 0.445 e. The van der Waals surface area contributed by atoms with Gasteiger partial charge in [0, 0.05) is 13.7 Å². The van der Waals surface area contributed by atoms with Crippen LogP contribution in [0.1, 0.15) is 12.0 Å². The summed E-state index contributed by atoms with van der Waals surface area (Å²) in [5.74, 6) is 0. The SMILES string of the molecule is CO[C@]1(CO)CCN(C(=O)OCc2ccccc2)C1. The summed E-state index contributed by atoms with van der Waals surface area (Å²) in [4.78, 5) is 13.5. The molecule has 1 fully saturated rings. The van der Waals surface area contributed by atoms with E-state index in [0.717, 1.165) is 5.56 Å². The van der Waals surface area contributed by atoms with Crippen LogP contribution < -0.4 is 0 Å². The highest BCUT2D eigenvalue weighted by Crippen LogP contribution is 2.24. The van der Waals surface area contributed by atoms with Crippen LogP contribution in [0.5, 0.6) is 0 Å². The van der Waals surface area contributed by atoms with Crippen LogP contribution in [0.15, 0.2) is 30.3 Å². The minimum Gasteiger partial charge on any atom is -0.445 e. The lowest BCUT2D eigenvalue weighted by molar-refractivity contribution is -0.0426. The van der Waals surface area contributed by atoms with Crippen LogP contribution >= 0.6 is 0 Å². The van der Waals surface area contributed by atoms with E-state index in [4.69, 9.17) is 9.47 Å². The molecular formula is C14H19NO4. The van der Waals surface area contributed by atoms with Gasteiger partial charge in [-0.15, -0.1) is 0 Å². The van der Waals surface area contributed by atoms with Crippen molar-refractivity contribution >= 4 is 6.09 Å². The van der Waals surface area contributed by atoms with Crippen LogP contribution in [0.2, 0.25) is 0 Å². The summed E-state index contributed by atoms with van der Waals surface area (Å²) in [6.07, 6.45) is 0.261. The van der Waals surface area contributed by atoms with Crippen molar-refractivity contribution in [3.05, 3.63) is 35.9 Å². The van der Waals surface area contributed by atoms with Gasteiger partial charge >= 0.3 is 6.09 Å². The highest BCUT2D eigenvalue weighted by Gasteiger charge is 2.40. The number of hydrogen-bond acceptors (Lipinski definition) is 4. The van der Waals surface area contributed by atoms with Crippen molar-refractivity contribution in [1.29, 1.82) is 0 Å². The smallest absolute Gasteiger partial charge is 0.410 e. The van der Waals surface area contributed by atoms with Crippen molar-refractivity contribution in [3.8, 4) is 0 Å². The van der Waals surface area contributed by atoms with Crippen molar-refractivity contribution in [2.75, 3.05) is 26.8 Å². The second kappa shape index (κ2) is 6.04. The highest BCUT2D eigenvalue weighted by atomic mass is 16.6. The molecule has 1 N–H and O–H groups in total. The Hall–Kier alpha value is -1.59. The van der Waals surface area contributed by atoms with Gasteiger partial charge in [-0.2, -0.15) is 0 Å². The number of aliphatic hydroxyl groups is 1. The maximum atomic E-state index is 11.9. The molecule has 5 nitrogen and oxygen atoms in total. The Labute approximate surface area is 112 Å². The maximum Gasteiger partial charge on any atom is 0.410 e. The molecule has 1 saturated heterocycles. The number of aliphatic hydroxyl groups excluding tert-OH is 1. The predicted octanol–water partition coefficient (Wildman–Crippen LogP) is 1.41. The number of nitrogens with zero attached hydrogens (tertiary/aromatic N) is 1. The number of ether oxygens (including phenoxy) is 2. The fourth-order valence-corrected chi connectivity index (χ4v) is 2.17. The van der Waals surface area contributed by atoms with Crippen molar-refractivity contribution < 1.29 is 19.4 Å². The Kier molecular flexibility index (Phi) is 4.39. The fraction of sp³-hybridized carbons (Fsp3) is 0.500. The van der Waals surface area contributed by atoms with Crippen LogP contribution in [0.3, 0.4) is 0 Å². The molecule has 5 heteroatoms. The molecule has 0 unspecified atom stereocenters. The molecule has 19 heavy (non-hydrogen) atoms. The van der Waals surface area contributed by atoms with Crippen LogP contribution in [-0.4, -0.2) is 48.5 Å². The lowest BCUT2D eigenvalue weighted by Crippen LogP contribution is -2.40. The van der Waals surface area contributed by atoms with Crippen molar-refractivity contribution in [2.24, 2.45) is 0 Å². The van der Waals surface area contributed by atoms with Crippen molar-refractivity contribution in [3.63, 3.8) is 0 Å². The summed E-state index contributed by atoms with van der Waals surface area (Å²) in [6, 6.07) is 9.54. The van der Waals surface area contributed by atoms with Gasteiger partial charge in [0.2, 0.25) is 0 Å². The summed E-state index contributed by atoms with van der Waals surface area (Å²) in [5.41, 5.74) is 0.321. The normalized spacial score (nSPS) is 22.5. The number of carbonyl (C=O) groups is 1. The first kappa shape index (κ1) is 13.8. The zero-order valence-corrected chi connectivity index (χ0v) is 11.0. The van der Waals surface area contributed by atoms with Gasteiger partial charge in [0.1, 0.15) is 12.2 Å². The van der Waals surface area contributed by atoms with Gasteiger partial charge in [-0.1, -0.05) is 30.3 Å². The van der Waals surface area contributed by atoms with E-state index in [-0.39, 0.29) is 19.3 Å². The third-order valence-electron chi connectivity index (χ3n) is 3.50. The van der Waals surface area contributed by atoms with Gasteiger partial charge in [0.15, 0.2) is 0 Å². The third-order valence-corrected chi connectivity index (χ3v) is 3.50. The Balaban J connectivity index is 1.85. The quantitative estimate of drug-likeness (QED) is 0.894. The Morgan fingerprint density at radius 1 is 1.42 bits per heavy atom. The summed E-state index contributed by atoms with van der Waals surface area (Å²) < 4.78 is 10.5. The van der Waals surface area contributed by atoms with E-state index in [9.17, 15) is 9.90 Å². The average Bonchev–Trinajstić information content (AvgIpc) is 2.91. The topological polar surface area (TPSA) is 59.0 Å². The predicted molar refractivity (Wildman–Crippen MR) is 69.6 cm³/mol. The number of hydrogen-bond donors (Lipinski definition) is 1. The number of methoxy groups -OCH3 is 1. The number of carbonyl (C=O) groups excluding carboxylic acids is 1. The van der Waals surface area contributed by atoms with Crippen LogP contribution in [0.4, 0.5) is 4.79 Å². The molecule has 2 rings (SSSR count). The molecule has 1 amide bonds. The molecular weight excluding hydrogens is 246 g/mol.